The Kier molecular flexibility index (Phi) is 7.86. The van der Waals surface area contributed by atoms with Gasteiger partial charge in [0, 0.05) is 0 Å². The van der Waals surface area contributed by atoms with E-state index in [1.807, 2.05) is 0 Å². The topological polar surface area (TPSA) is 221 Å². The molecule has 0 radical (unpaired) electrons. The van der Waals surface area contributed by atoms with E-state index < -0.39 is 74.6 Å². The quantitative estimate of drug-likeness (QED) is 0.183. The summed E-state index contributed by atoms with van der Waals surface area (Å²) in [5.41, 5.74) is 0. The van der Waals surface area contributed by atoms with Gasteiger partial charge in [0.05, 0.1) is 19.8 Å². The predicted molar refractivity (Wildman–Crippen MR) is 72.0 cm³/mol. The van der Waals surface area contributed by atoms with Gasteiger partial charge in [0.25, 0.3) is 0 Å². The lowest BCUT2D eigenvalue weighted by Gasteiger charge is -2.44. The lowest BCUT2D eigenvalue weighted by atomic mass is 9.97. The molecule has 12 nitrogen and oxygen atoms in total. The van der Waals surface area contributed by atoms with Gasteiger partial charge < -0.3 is 60.5 Å². The molecule has 0 aromatic heterocycles. The van der Waals surface area contributed by atoms with E-state index in [1.165, 1.54) is 0 Å². The molecule has 10 N–H and O–H groups in total. The maximum absolute atomic E-state index is 10.0. The van der Waals surface area contributed by atoms with E-state index in [4.69, 9.17) is 19.7 Å². The number of hydrogen-bond acceptors (Lipinski definition) is 12. The summed E-state index contributed by atoms with van der Waals surface area (Å²) >= 11 is 0. The molecule has 0 bridgehead atoms. The molecule has 1 heterocycles. The SMILES string of the molecule is OC[C@@H](O)[C@@H](O)[C@H](O)[C@H](O)COC1(O)O[C@H](CO)[C@@H](O)[C@H](O)[C@H]1O. The molecule has 12 heteroatoms. The normalized spacial score (nSPS) is 39.2. The monoisotopic (exact) mass is 360 g/mol. The minimum atomic E-state index is -2.92. The van der Waals surface area contributed by atoms with Crippen molar-refractivity contribution in [2.75, 3.05) is 19.8 Å². The van der Waals surface area contributed by atoms with Gasteiger partial charge in [-0.2, -0.15) is 0 Å². The third-order valence-corrected chi connectivity index (χ3v) is 3.71. The summed E-state index contributed by atoms with van der Waals surface area (Å²) in [6.07, 6.45) is -14.9. The molecule has 0 aliphatic carbocycles. The van der Waals surface area contributed by atoms with Crippen molar-refractivity contribution in [2.45, 2.75) is 54.8 Å². The van der Waals surface area contributed by atoms with E-state index in [1.54, 1.807) is 0 Å². The van der Waals surface area contributed by atoms with Crippen LogP contribution in [0.2, 0.25) is 0 Å². The molecule has 1 saturated heterocycles. The van der Waals surface area contributed by atoms with E-state index in [2.05, 4.69) is 0 Å². The molecule has 24 heavy (non-hydrogen) atoms. The molecule has 1 unspecified atom stereocenters. The summed E-state index contributed by atoms with van der Waals surface area (Å²) in [4.78, 5) is 0. The Hall–Kier alpha value is -0.480. The zero-order valence-corrected chi connectivity index (χ0v) is 12.5. The van der Waals surface area contributed by atoms with Crippen LogP contribution < -0.4 is 0 Å². The zero-order valence-electron chi connectivity index (χ0n) is 12.5. The van der Waals surface area contributed by atoms with Gasteiger partial charge in [0.2, 0.25) is 0 Å². The maximum atomic E-state index is 10.0. The van der Waals surface area contributed by atoms with Gasteiger partial charge >= 0.3 is 5.97 Å². The molecule has 0 saturated carbocycles. The molecule has 0 aromatic carbocycles. The fourth-order valence-corrected chi connectivity index (χ4v) is 2.11. The maximum Gasteiger partial charge on any atom is 0.311 e. The van der Waals surface area contributed by atoms with Gasteiger partial charge in [-0.3, -0.25) is 0 Å². The van der Waals surface area contributed by atoms with Crippen molar-refractivity contribution in [3.63, 3.8) is 0 Å². The zero-order chi connectivity index (χ0) is 18.7. The van der Waals surface area contributed by atoms with Crippen molar-refractivity contribution in [1.29, 1.82) is 0 Å². The molecule has 1 aliphatic rings. The third kappa shape index (κ3) is 4.57. The van der Waals surface area contributed by atoms with Gasteiger partial charge in [-0.25, -0.2) is 0 Å². The average Bonchev–Trinajstić information content (AvgIpc) is 2.59. The molecule has 144 valence electrons. The van der Waals surface area contributed by atoms with Crippen LogP contribution in [-0.4, -0.2) is 126 Å². The van der Waals surface area contributed by atoms with Crippen LogP contribution in [0.1, 0.15) is 0 Å². The summed E-state index contributed by atoms with van der Waals surface area (Å²) in [5.74, 6) is -2.92. The smallest absolute Gasteiger partial charge is 0.311 e. The fourth-order valence-electron chi connectivity index (χ4n) is 2.11. The minimum absolute atomic E-state index is 0.830. The number of ether oxygens (including phenoxy) is 2. The lowest BCUT2D eigenvalue weighted by molar-refractivity contribution is -0.451. The average molecular weight is 360 g/mol. The van der Waals surface area contributed by atoms with Crippen LogP contribution in [0, 0.1) is 0 Å². The first-order valence-electron chi connectivity index (χ1n) is 7.11. The first kappa shape index (κ1) is 21.6. The number of hydrogen-bond donors (Lipinski definition) is 10. The van der Waals surface area contributed by atoms with Crippen LogP contribution >= 0.6 is 0 Å². The molecular formula is C12H24O12. The standard InChI is InChI=1S/C12H24O12/c13-1-4(15)7(17)8(18)5(16)3-23-12(22)11(21)10(20)9(19)6(2-14)24-12/h4-11,13-22H,1-3H2/t4-,5-,6-,7-,8-,9-,10+,11-,12?/m1/s1. The van der Waals surface area contributed by atoms with E-state index in [-0.39, 0.29) is 0 Å². The third-order valence-electron chi connectivity index (χ3n) is 3.71. The van der Waals surface area contributed by atoms with Gasteiger partial charge in [-0.1, -0.05) is 0 Å². The van der Waals surface area contributed by atoms with E-state index >= 15 is 0 Å². The number of aliphatic hydroxyl groups is 10. The molecular weight excluding hydrogens is 336 g/mol. The Balaban J connectivity index is 2.70. The molecule has 1 fully saturated rings. The highest BCUT2D eigenvalue weighted by Gasteiger charge is 2.54. The summed E-state index contributed by atoms with van der Waals surface area (Å²) < 4.78 is 9.47. The summed E-state index contributed by atoms with van der Waals surface area (Å²) in [6.45, 7) is -2.66. The van der Waals surface area contributed by atoms with Crippen LogP contribution in [0.3, 0.4) is 0 Å². The van der Waals surface area contributed by atoms with Crippen molar-refractivity contribution < 1.29 is 60.5 Å². The fraction of sp³-hybridized carbons (Fsp3) is 1.00. The second-order valence-electron chi connectivity index (χ2n) is 5.51. The largest absolute Gasteiger partial charge is 0.394 e. The second kappa shape index (κ2) is 8.75. The highest BCUT2D eigenvalue weighted by molar-refractivity contribution is 4.92. The van der Waals surface area contributed by atoms with Crippen LogP contribution in [0.4, 0.5) is 0 Å². The summed E-state index contributed by atoms with van der Waals surface area (Å²) in [6, 6.07) is 0. The van der Waals surface area contributed by atoms with E-state index in [0.29, 0.717) is 0 Å². The van der Waals surface area contributed by atoms with E-state index in [0.717, 1.165) is 0 Å². The Labute approximate surface area is 136 Å². The van der Waals surface area contributed by atoms with Crippen LogP contribution in [0.15, 0.2) is 0 Å². The van der Waals surface area contributed by atoms with Gasteiger partial charge in [-0.15, -0.1) is 0 Å². The van der Waals surface area contributed by atoms with Crippen molar-refractivity contribution in [1.82, 2.24) is 0 Å². The second-order valence-corrected chi connectivity index (χ2v) is 5.51. The van der Waals surface area contributed by atoms with Crippen molar-refractivity contribution in [3.05, 3.63) is 0 Å². The van der Waals surface area contributed by atoms with Crippen LogP contribution in [0.5, 0.6) is 0 Å². The van der Waals surface area contributed by atoms with Gasteiger partial charge in [-0.05, 0) is 0 Å². The molecule has 0 aromatic rings. The van der Waals surface area contributed by atoms with Crippen molar-refractivity contribution in [2.24, 2.45) is 0 Å². The highest BCUT2D eigenvalue weighted by Crippen LogP contribution is 2.29. The van der Waals surface area contributed by atoms with Gasteiger partial charge in [0.15, 0.2) is 6.10 Å². The van der Waals surface area contributed by atoms with Crippen LogP contribution in [0.25, 0.3) is 0 Å². The Morgan fingerprint density at radius 3 is 1.96 bits per heavy atom. The minimum Gasteiger partial charge on any atom is -0.394 e. The van der Waals surface area contributed by atoms with Gasteiger partial charge in [0.1, 0.15) is 42.7 Å². The highest BCUT2D eigenvalue weighted by atomic mass is 16.8. The van der Waals surface area contributed by atoms with Crippen LogP contribution in [-0.2, 0) is 9.47 Å². The Morgan fingerprint density at radius 2 is 1.46 bits per heavy atom. The molecule has 1 aliphatic heterocycles. The molecule has 1 rings (SSSR count). The Morgan fingerprint density at radius 1 is 0.917 bits per heavy atom. The van der Waals surface area contributed by atoms with Crippen molar-refractivity contribution in [3.8, 4) is 0 Å². The molecule has 9 atom stereocenters. The summed E-state index contributed by atoms with van der Waals surface area (Å²) in [5, 5.41) is 94.4. The first-order chi connectivity index (χ1) is 11.1. The van der Waals surface area contributed by atoms with E-state index in [9.17, 15) is 40.9 Å². The molecule has 0 spiro atoms. The molecule has 0 amide bonds. The first-order valence-corrected chi connectivity index (χ1v) is 7.11. The summed E-state index contributed by atoms with van der Waals surface area (Å²) in [7, 11) is 0. The number of rotatable bonds is 8. The Bertz CT molecular complexity index is 381. The predicted octanol–water partition coefficient (Wildman–Crippen LogP) is -6.44. The lowest BCUT2D eigenvalue weighted by Crippen LogP contribution is -2.66. The van der Waals surface area contributed by atoms with Crippen molar-refractivity contribution >= 4 is 0 Å². The number of aliphatic hydroxyl groups excluding tert-OH is 9.